The van der Waals surface area contributed by atoms with Gasteiger partial charge < -0.3 is 4.74 Å². The molecule has 0 saturated carbocycles. The van der Waals surface area contributed by atoms with E-state index in [2.05, 4.69) is 9.72 Å². The van der Waals surface area contributed by atoms with E-state index in [1.165, 1.54) is 30.5 Å². The van der Waals surface area contributed by atoms with E-state index in [4.69, 9.17) is 16.9 Å². The summed E-state index contributed by atoms with van der Waals surface area (Å²) >= 11 is 5.87. The smallest absolute Gasteiger partial charge is 0.406 e. The van der Waals surface area contributed by atoms with E-state index in [0.717, 1.165) is 0 Å². The molecule has 1 aromatic heterocycles. The van der Waals surface area contributed by atoms with E-state index in [1.807, 2.05) is 6.07 Å². The Morgan fingerprint density at radius 3 is 2.48 bits per heavy atom. The molecule has 0 aliphatic heterocycles. The molecule has 0 amide bonds. The number of nitriles is 1. The van der Waals surface area contributed by atoms with Crippen molar-refractivity contribution in [2.75, 3.05) is 0 Å². The number of benzene rings is 1. The average molecular weight is 313 g/mol. The van der Waals surface area contributed by atoms with Crippen molar-refractivity contribution in [3.05, 3.63) is 47.2 Å². The summed E-state index contributed by atoms with van der Waals surface area (Å²) in [5.41, 5.74) is 1.71. The molecule has 0 saturated heterocycles. The fourth-order valence-electron chi connectivity index (χ4n) is 1.77. The van der Waals surface area contributed by atoms with Crippen molar-refractivity contribution in [2.45, 2.75) is 12.8 Å². The lowest BCUT2D eigenvalue weighted by atomic mass is 10.0. The first kappa shape index (κ1) is 15.1. The zero-order valence-corrected chi connectivity index (χ0v) is 11.2. The first-order valence-electron chi connectivity index (χ1n) is 5.76. The number of halogens is 4. The maximum absolute atomic E-state index is 12.1. The van der Waals surface area contributed by atoms with E-state index >= 15 is 0 Å². The van der Waals surface area contributed by atoms with Crippen molar-refractivity contribution in [1.82, 2.24) is 4.98 Å². The van der Waals surface area contributed by atoms with E-state index in [1.54, 1.807) is 6.07 Å². The molecule has 2 rings (SSSR count). The Labute approximate surface area is 123 Å². The van der Waals surface area contributed by atoms with Gasteiger partial charge in [-0.15, -0.1) is 13.2 Å². The minimum atomic E-state index is -4.73. The van der Waals surface area contributed by atoms with Crippen molar-refractivity contribution < 1.29 is 17.9 Å². The quantitative estimate of drug-likeness (QED) is 0.845. The fourth-order valence-corrected chi connectivity index (χ4v) is 1.93. The molecule has 0 N–H and O–H groups in total. The number of nitrogens with zero attached hydrogens (tertiary/aromatic N) is 2. The summed E-state index contributed by atoms with van der Waals surface area (Å²) in [4.78, 5) is 4.06. The summed E-state index contributed by atoms with van der Waals surface area (Å²) in [6.07, 6.45) is -3.24. The van der Waals surface area contributed by atoms with Crippen LogP contribution in [0.3, 0.4) is 0 Å². The van der Waals surface area contributed by atoms with E-state index < -0.39 is 6.36 Å². The van der Waals surface area contributed by atoms with Crippen LogP contribution >= 0.6 is 11.6 Å². The second-order valence-electron chi connectivity index (χ2n) is 4.05. The molecule has 108 valence electrons. The van der Waals surface area contributed by atoms with Gasteiger partial charge in [0, 0.05) is 11.8 Å². The first-order chi connectivity index (χ1) is 9.89. The van der Waals surface area contributed by atoms with Crippen molar-refractivity contribution in [2.24, 2.45) is 0 Å². The third kappa shape index (κ3) is 4.10. The number of rotatable bonds is 3. The molecule has 2 aromatic rings. The molecular formula is C14H8ClF3N2O. The van der Waals surface area contributed by atoms with Crippen LogP contribution in [0.2, 0.25) is 5.02 Å². The normalized spacial score (nSPS) is 11.0. The van der Waals surface area contributed by atoms with Gasteiger partial charge in [-0.25, -0.2) is 0 Å². The Hall–Kier alpha value is -2.26. The predicted molar refractivity (Wildman–Crippen MR) is 70.7 cm³/mol. The summed E-state index contributed by atoms with van der Waals surface area (Å²) < 4.78 is 40.1. The third-order valence-corrected chi connectivity index (χ3v) is 2.79. The minimum absolute atomic E-state index is 0.0767. The molecule has 0 fully saturated rings. The second kappa shape index (κ2) is 6.02. The second-order valence-corrected chi connectivity index (χ2v) is 4.49. The summed E-state index contributed by atoms with van der Waals surface area (Å²) in [6, 6.07) is 8.88. The molecule has 7 heteroatoms. The maximum atomic E-state index is 12.1. The number of alkyl halides is 3. The summed E-state index contributed by atoms with van der Waals surface area (Å²) in [5, 5.41) is 9.14. The van der Waals surface area contributed by atoms with Crippen LogP contribution in [0.25, 0.3) is 11.1 Å². The molecule has 0 spiro atoms. The molecule has 0 atom stereocenters. The molecule has 21 heavy (non-hydrogen) atoms. The van der Waals surface area contributed by atoms with Gasteiger partial charge >= 0.3 is 6.36 Å². The van der Waals surface area contributed by atoms with Crippen LogP contribution in [-0.2, 0) is 6.42 Å². The number of hydrogen-bond donors (Lipinski definition) is 0. The lowest BCUT2D eigenvalue weighted by Crippen LogP contribution is -2.16. The van der Waals surface area contributed by atoms with Gasteiger partial charge in [0.2, 0.25) is 0 Å². The third-order valence-electron chi connectivity index (χ3n) is 2.58. The lowest BCUT2D eigenvalue weighted by molar-refractivity contribution is -0.274. The van der Waals surface area contributed by atoms with Crippen LogP contribution in [0.4, 0.5) is 13.2 Å². The zero-order valence-electron chi connectivity index (χ0n) is 10.5. The first-order valence-corrected chi connectivity index (χ1v) is 6.14. The topological polar surface area (TPSA) is 45.9 Å². The summed E-state index contributed by atoms with van der Waals surface area (Å²) in [6.45, 7) is 0. The van der Waals surface area contributed by atoms with Crippen LogP contribution in [0, 0.1) is 11.3 Å². The highest BCUT2D eigenvalue weighted by Crippen LogP contribution is 2.29. The molecule has 0 aliphatic rings. The van der Waals surface area contributed by atoms with Gasteiger partial charge in [0.05, 0.1) is 23.2 Å². The Morgan fingerprint density at radius 2 is 1.90 bits per heavy atom. The fraction of sp³-hybridized carbons (Fsp3) is 0.143. The van der Waals surface area contributed by atoms with Gasteiger partial charge in [0.25, 0.3) is 0 Å². The van der Waals surface area contributed by atoms with Gasteiger partial charge in [0.1, 0.15) is 5.75 Å². The van der Waals surface area contributed by atoms with Crippen molar-refractivity contribution in [3.63, 3.8) is 0 Å². The molecule has 1 aromatic carbocycles. The molecule has 0 bridgehead atoms. The van der Waals surface area contributed by atoms with Gasteiger partial charge in [-0.1, -0.05) is 23.7 Å². The summed E-state index contributed by atoms with van der Waals surface area (Å²) in [7, 11) is 0. The largest absolute Gasteiger partial charge is 0.573 e. The highest BCUT2D eigenvalue weighted by atomic mass is 35.5. The standard InChI is InChI=1S/C14H8ClF3N2O/c15-10-7-12(13(5-6-19)20-8-10)9-1-3-11(4-2-9)21-14(16,17)18/h1-4,7-8H,5H2. The Balaban J connectivity index is 2.35. The number of aromatic nitrogens is 1. The highest BCUT2D eigenvalue weighted by molar-refractivity contribution is 6.30. The van der Waals surface area contributed by atoms with E-state index in [9.17, 15) is 13.2 Å². The van der Waals surface area contributed by atoms with Crippen LogP contribution < -0.4 is 4.74 Å². The minimum Gasteiger partial charge on any atom is -0.406 e. The van der Waals surface area contributed by atoms with Gasteiger partial charge in [-0.3, -0.25) is 4.98 Å². The lowest BCUT2D eigenvalue weighted by Gasteiger charge is -2.10. The van der Waals surface area contributed by atoms with Crippen LogP contribution in [0.1, 0.15) is 5.69 Å². The zero-order chi connectivity index (χ0) is 15.5. The molecule has 3 nitrogen and oxygen atoms in total. The summed E-state index contributed by atoms with van der Waals surface area (Å²) in [5.74, 6) is -0.317. The molecule has 0 radical (unpaired) electrons. The average Bonchev–Trinajstić information content (AvgIpc) is 2.40. The predicted octanol–water partition coefficient (Wildman–Crippen LogP) is 4.37. The van der Waals surface area contributed by atoms with E-state index in [-0.39, 0.29) is 12.2 Å². The van der Waals surface area contributed by atoms with Crippen molar-refractivity contribution in [1.29, 1.82) is 5.26 Å². The number of ether oxygens (including phenoxy) is 1. The van der Waals surface area contributed by atoms with Gasteiger partial charge in [-0.2, -0.15) is 5.26 Å². The SMILES string of the molecule is N#CCc1ncc(Cl)cc1-c1ccc(OC(F)(F)F)cc1. The Morgan fingerprint density at radius 1 is 1.24 bits per heavy atom. The number of hydrogen-bond acceptors (Lipinski definition) is 3. The van der Waals surface area contributed by atoms with Crippen LogP contribution in [-0.4, -0.2) is 11.3 Å². The highest BCUT2D eigenvalue weighted by Gasteiger charge is 2.30. The van der Waals surface area contributed by atoms with Crippen LogP contribution in [0.15, 0.2) is 36.5 Å². The van der Waals surface area contributed by atoms with Gasteiger partial charge in [0.15, 0.2) is 0 Å². The Kier molecular flexibility index (Phi) is 4.34. The van der Waals surface area contributed by atoms with Crippen LogP contribution in [0.5, 0.6) is 5.75 Å². The van der Waals surface area contributed by atoms with Crippen molar-refractivity contribution in [3.8, 4) is 22.9 Å². The number of pyridine rings is 1. The molecule has 1 heterocycles. The molecule has 0 aliphatic carbocycles. The molecule has 0 unspecified atom stereocenters. The monoisotopic (exact) mass is 312 g/mol. The van der Waals surface area contributed by atoms with E-state index in [0.29, 0.717) is 21.8 Å². The Bertz CT molecular complexity index is 678. The van der Waals surface area contributed by atoms with Crippen molar-refractivity contribution >= 4 is 11.6 Å². The molecular weight excluding hydrogens is 305 g/mol. The van der Waals surface area contributed by atoms with Gasteiger partial charge in [-0.05, 0) is 23.8 Å². The maximum Gasteiger partial charge on any atom is 0.573 e.